The zero-order valence-corrected chi connectivity index (χ0v) is 5.93. The first-order chi connectivity index (χ1) is 4.91. The number of hydrogen-bond donors (Lipinski definition) is 3. The standard InChI is InChI=1S/C2HFO4.BH2O3.Li/c3-7-2(6)1(4)5;2-1(3)4;/h(H,4,5);2-3H;/q;-1;+1. The first kappa shape index (κ1) is 17.5. The van der Waals surface area contributed by atoms with Gasteiger partial charge in [-0.25, -0.2) is 14.5 Å². The molecule has 0 fully saturated rings. The summed E-state index contributed by atoms with van der Waals surface area (Å²) in [5.74, 6) is -3.84. The van der Waals surface area contributed by atoms with Crippen LogP contribution in [0.4, 0.5) is 4.53 Å². The van der Waals surface area contributed by atoms with E-state index in [9.17, 15) is 14.1 Å². The van der Waals surface area contributed by atoms with Crippen molar-refractivity contribution in [2.45, 2.75) is 0 Å². The predicted octanol–water partition coefficient (Wildman–Crippen LogP) is -6.18. The van der Waals surface area contributed by atoms with E-state index in [4.69, 9.17) is 20.2 Å². The van der Waals surface area contributed by atoms with Crippen LogP contribution in [0.15, 0.2) is 0 Å². The third kappa shape index (κ3) is 22.7. The summed E-state index contributed by atoms with van der Waals surface area (Å²) in [6.07, 6.45) is 0. The average Bonchev–Trinajstić information content (AvgIpc) is 1.85. The van der Waals surface area contributed by atoms with Gasteiger partial charge in [-0.1, -0.05) is 0 Å². The first-order valence-corrected chi connectivity index (χ1v) is 1.99. The van der Waals surface area contributed by atoms with E-state index >= 15 is 0 Å². The zero-order valence-electron chi connectivity index (χ0n) is 5.93. The maximum absolute atomic E-state index is 10.4. The molecule has 0 aromatic rings. The minimum absolute atomic E-state index is 0. The molecule has 7 nitrogen and oxygen atoms in total. The second-order valence-electron chi connectivity index (χ2n) is 0.996. The van der Waals surface area contributed by atoms with E-state index in [-0.39, 0.29) is 18.9 Å². The molecule has 64 valence electrons. The molecule has 3 N–H and O–H groups in total. The Morgan fingerprint density at radius 2 is 1.67 bits per heavy atom. The molecular weight excluding hydrogens is 173 g/mol. The maximum atomic E-state index is 10.4. The van der Waals surface area contributed by atoms with Gasteiger partial charge < -0.3 is 20.2 Å². The molecule has 0 amide bonds. The number of aliphatic carboxylic acids is 1. The third-order valence-corrected chi connectivity index (χ3v) is 0.245. The van der Waals surface area contributed by atoms with Gasteiger partial charge in [-0.15, -0.1) is 0 Å². The molecule has 0 aromatic carbocycles. The molecule has 0 aliphatic heterocycles. The van der Waals surface area contributed by atoms with Crippen molar-refractivity contribution in [3.8, 4) is 0 Å². The van der Waals surface area contributed by atoms with Crippen LogP contribution in [0, 0.1) is 0 Å². The van der Waals surface area contributed by atoms with Crippen LogP contribution in [0.3, 0.4) is 0 Å². The van der Waals surface area contributed by atoms with Crippen molar-refractivity contribution in [3.63, 3.8) is 0 Å². The first-order valence-electron chi connectivity index (χ1n) is 1.99. The molecule has 12 heavy (non-hydrogen) atoms. The quantitative estimate of drug-likeness (QED) is 0.247. The summed E-state index contributed by atoms with van der Waals surface area (Å²) in [5, 5.41) is 30.2. The molecular formula is C2H3BFLiO7. The Kier molecular flexibility index (Phi) is 15.2. The number of carbonyl (C=O) groups excluding carboxylic acids is 1. The number of carboxylic acids is 1. The Labute approximate surface area is 78.0 Å². The van der Waals surface area contributed by atoms with Crippen LogP contribution in [0.2, 0.25) is 0 Å². The molecule has 0 heterocycles. The molecule has 10 heteroatoms. The monoisotopic (exact) mass is 176 g/mol. The minimum Gasteiger partial charge on any atom is -0.832 e. The van der Waals surface area contributed by atoms with Gasteiger partial charge in [0.05, 0.1) is 0 Å². The number of hydrogen-bond acceptors (Lipinski definition) is 6. The molecule has 0 rings (SSSR count). The SMILES string of the molecule is O=C(O)C(=O)OF.[Li+].[O-]B(O)O. The van der Waals surface area contributed by atoms with Crippen molar-refractivity contribution >= 4 is 19.3 Å². The van der Waals surface area contributed by atoms with Crippen LogP contribution in [0.5, 0.6) is 0 Å². The molecule has 0 atom stereocenters. The Morgan fingerprint density at radius 1 is 1.42 bits per heavy atom. The summed E-state index contributed by atoms with van der Waals surface area (Å²) in [5.41, 5.74) is 0. The van der Waals surface area contributed by atoms with Crippen molar-refractivity contribution in [2.24, 2.45) is 0 Å². The van der Waals surface area contributed by atoms with Gasteiger partial charge in [-0.05, 0) is 0 Å². The summed E-state index contributed by atoms with van der Waals surface area (Å²) in [7, 11) is -2.42. The van der Waals surface area contributed by atoms with Crippen LogP contribution in [0.1, 0.15) is 0 Å². The van der Waals surface area contributed by atoms with Gasteiger partial charge >= 0.3 is 38.1 Å². The largest absolute Gasteiger partial charge is 1.00 e. The van der Waals surface area contributed by atoms with E-state index in [0.29, 0.717) is 0 Å². The van der Waals surface area contributed by atoms with Crippen LogP contribution in [0.25, 0.3) is 0 Å². The van der Waals surface area contributed by atoms with Crippen molar-refractivity contribution < 1.29 is 58.1 Å². The topological polar surface area (TPSA) is 127 Å². The van der Waals surface area contributed by atoms with Gasteiger partial charge in [0.15, 0.2) is 0 Å². The van der Waals surface area contributed by atoms with Gasteiger partial charge in [0.2, 0.25) is 0 Å². The van der Waals surface area contributed by atoms with Crippen LogP contribution in [-0.4, -0.2) is 34.4 Å². The summed E-state index contributed by atoms with van der Waals surface area (Å²) in [4.78, 5) is 20.8. The summed E-state index contributed by atoms with van der Waals surface area (Å²) >= 11 is 0. The fraction of sp³-hybridized carbons (Fsp3) is 0. The number of rotatable bonds is 0. The zero-order chi connectivity index (χ0) is 9.44. The van der Waals surface area contributed by atoms with E-state index in [1.807, 2.05) is 0 Å². The van der Waals surface area contributed by atoms with E-state index < -0.39 is 19.3 Å². The molecule has 0 spiro atoms. The molecule has 0 bridgehead atoms. The third-order valence-electron chi connectivity index (χ3n) is 0.245. The Hall–Kier alpha value is -0.588. The normalized spacial score (nSPS) is 6.67. The molecule has 0 saturated carbocycles. The van der Waals surface area contributed by atoms with E-state index in [2.05, 4.69) is 4.94 Å². The van der Waals surface area contributed by atoms with Gasteiger partial charge in [0.1, 0.15) is 0 Å². The second-order valence-corrected chi connectivity index (χ2v) is 0.996. The van der Waals surface area contributed by atoms with Crippen molar-refractivity contribution in [1.82, 2.24) is 0 Å². The Balaban J connectivity index is -0.000000142. The van der Waals surface area contributed by atoms with Crippen LogP contribution >= 0.6 is 0 Å². The van der Waals surface area contributed by atoms with E-state index in [1.165, 1.54) is 0 Å². The molecule has 0 saturated heterocycles. The van der Waals surface area contributed by atoms with Gasteiger partial charge in [0.25, 0.3) is 0 Å². The van der Waals surface area contributed by atoms with Crippen LogP contribution in [-0.2, 0) is 14.5 Å². The van der Waals surface area contributed by atoms with Gasteiger partial charge in [-0.3, -0.25) is 0 Å². The van der Waals surface area contributed by atoms with E-state index in [1.54, 1.807) is 0 Å². The Morgan fingerprint density at radius 3 is 1.67 bits per heavy atom. The maximum Gasteiger partial charge on any atom is 1.00 e. The molecule has 0 radical (unpaired) electrons. The molecule has 0 aromatic heterocycles. The minimum atomic E-state index is -2.42. The summed E-state index contributed by atoms with van der Waals surface area (Å²) in [6, 6.07) is 0. The average molecular weight is 176 g/mol. The van der Waals surface area contributed by atoms with Gasteiger partial charge in [0, 0.05) is 4.53 Å². The van der Waals surface area contributed by atoms with Crippen LogP contribution < -0.4 is 23.9 Å². The van der Waals surface area contributed by atoms with Crippen molar-refractivity contribution in [3.05, 3.63) is 0 Å². The fourth-order valence-corrected chi connectivity index (χ4v) is 0.0330. The molecule has 0 aliphatic rings. The molecule has 0 aliphatic carbocycles. The van der Waals surface area contributed by atoms with Crippen molar-refractivity contribution in [2.75, 3.05) is 0 Å². The number of carbonyl (C=O) groups is 2. The molecule has 0 unspecified atom stereocenters. The van der Waals surface area contributed by atoms with Gasteiger partial charge in [-0.2, -0.15) is 0 Å². The fourth-order valence-electron chi connectivity index (χ4n) is 0.0330. The Bertz CT molecular complexity index is 137. The predicted molar refractivity (Wildman–Crippen MR) is 25.0 cm³/mol. The smallest absolute Gasteiger partial charge is 0.832 e. The summed E-state index contributed by atoms with van der Waals surface area (Å²) in [6.45, 7) is 0. The number of carboxylic acid groups (broad SMARTS) is 1. The van der Waals surface area contributed by atoms with E-state index in [0.717, 1.165) is 0 Å². The number of halogens is 1. The summed E-state index contributed by atoms with van der Waals surface area (Å²) < 4.78 is 10.4. The second kappa shape index (κ2) is 10.4. The van der Waals surface area contributed by atoms with Crippen molar-refractivity contribution in [1.29, 1.82) is 0 Å².